The zero-order chi connectivity index (χ0) is 14.2. The summed E-state index contributed by atoms with van der Waals surface area (Å²) in [7, 11) is 0. The minimum Gasteiger partial charge on any atom is -0.481 e. The molecular weight excluding hydrogens is 242 g/mol. The van der Waals surface area contributed by atoms with Gasteiger partial charge in [0.05, 0.1) is 6.42 Å². The van der Waals surface area contributed by atoms with E-state index in [1.807, 2.05) is 32.0 Å². The van der Waals surface area contributed by atoms with Crippen LogP contribution in [-0.4, -0.2) is 23.5 Å². The van der Waals surface area contributed by atoms with E-state index in [-0.39, 0.29) is 12.3 Å². The summed E-state index contributed by atoms with van der Waals surface area (Å²) in [6.07, 6.45) is 0.887. The largest absolute Gasteiger partial charge is 0.481 e. The van der Waals surface area contributed by atoms with Crippen LogP contribution >= 0.6 is 0 Å². The summed E-state index contributed by atoms with van der Waals surface area (Å²) >= 11 is 0. The van der Waals surface area contributed by atoms with Crippen LogP contribution < -0.4 is 4.90 Å². The minimum absolute atomic E-state index is 0.0342. The summed E-state index contributed by atoms with van der Waals surface area (Å²) in [6, 6.07) is 5.81. The van der Waals surface area contributed by atoms with E-state index in [4.69, 9.17) is 5.11 Å². The summed E-state index contributed by atoms with van der Waals surface area (Å²) in [5, 5.41) is 9.03. The lowest BCUT2D eigenvalue weighted by Crippen LogP contribution is -2.26. The number of carbonyl (C=O) groups is 2. The molecule has 0 aromatic heterocycles. The molecule has 1 N–H and O–H groups in total. The van der Waals surface area contributed by atoms with Gasteiger partial charge in [-0.1, -0.05) is 26.0 Å². The normalized spacial score (nSPS) is 14.4. The van der Waals surface area contributed by atoms with E-state index < -0.39 is 11.4 Å². The second kappa shape index (κ2) is 4.68. The molecule has 0 aliphatic carbocycles. The molecule has 0 saturated heterocycles. The third-order valence-corrected chi connectivity index (χ3v) is 3.73. The molecule has 1 amide bonds. The third kappa shape index (κ3) is 2.48. The smallest absolute Gasteiger partial charge is 0.304 e. The molecule has 1 aliphatic rings. The third-order valence-electron chi connectivity index (χ3n) is 3.73. The molecule has 19 heavy (non-hydrogen) atoms. The maximum Gasteiger partial charge on any atom is 0.304 e. The van der Waals surface area contributed by atoms with E-state index in [0.29, 0.717) is 6.54 Å². The van der Waals surface area contributed by atoms with Crippen LogP contribution in [0, 0.1) is 0 Å². The van der Waals surface area contributed by atoms with Crippen molar-refractivity contribution in [2.24, 2.45) is 0 Å². The van der Waals surface area contributed by atoms with Gasteiger partial charge in [0.15, 0.2) is 0 Å². The van der Waals surface area contributed by atoms with Crippen LogP contribution in [0.5, 0.6) is 0 Å². The number of fused-ring (bicyclic) bond motifs is 1. The lowest BCUT2D eigenvalue weighted by molar-refractivity contribution is -0.138. The molecule has 0 radical (unpaired) electrons. The standard InChI is InChI=1S/C15H19NO3/c1-10(17)16-8-7-11-12(5-4-6-13(11)16)15(2,3)9-14(18)19/h4-6H,7-9H2,1-3H3,(H,18,19). The number of rotatable bonds is 3. The van der Waals surface area contributed by atoms with Crippen LogP contribution in [0.25, 0.3) is 0 Å². The van der Waals surface area contributed by atoms with Gasteiger partial charge in [-0.15, -0.1) is 0 Å². The van der Waals surface area contributed by atoms with E-state index in [2.05, 4.69) is 0 Å². The average Bonchev–Trinajstić information content (AvgIpc) is 2.70. The van der Waals surface area contributed by atoms with E-state index in [9.17, 15) is 9.59 Å². The number of carboxylic acids is 1. The first-order chi connectivity index (χ1) is 8.83. The van der Waals surface area contributed by atoms with Gasteiger partial charge in [-0.25, -0.2) is 0 Å². The highest BCUT2D eigenvalue weighted by Crippen LogP contribution is 2.38. The van der Waals surface area contributed by atoms with Crippen LogP contribution in [0.4, 0.5) is 5.69 Å². The summed E-state index contributed by atoms with van der Waals surface area (Å²) < 4.78 is 0. The molecule has 2 rings (SSSR count). The molecular formula is C15H19NO3. The molecule has 0 fully saturated rings. The Morgan fingerprint density at radius 1 is 1.37 bits per heavy atom. The van der Waals surface area contributed by atoms with Crippen molar-refractivity contribution in [3.05, 3.63) is 29.3 Å². The van der Waals surface area contributed by atoms with E-state index in [1.165, 1.54) is 0 Å². The van der Waals surface area contributed by atoms with Crippen molar-refractivity contribution in [2.45, 2.75) is 39.0 Å². The molecule has 0 bridgehead atoms. The Bertz CT molecular complexity index is 534. The van der Waals surface area contributed by atoms with Crippen molar-refractivity contribution in [1.29, 1.82) is 0 Å². The van der Waals surface area contributed by atoms with Gasteiger partial charge < -0.3 is 10.0 Å². The van der Waals surface area contributed by atoms with Crippen molar-refractivity contribution in [1.82, 2.24) is 0 Å². The molecule has 1 aromatic carbocycles. The second-order valence-electron chi connectivity index (χ2n) is 5.68. The van der Waals surface area contributed by atoms with Gasteiger partial charge >= 0.3 is 5.97 Å². The van der Waals surface area contributed by atoms with Crippen LogP contribution in [0.15, 0.2) is 18.2 Å². The molecule has 0 saturated carbocycles. The Balaban J connectivity index is 2.45. The molecule has 102 valence electrons. The highest BCUT2D eigenvalue weighted by atomic mass is 16.4. The summed E-state index contributed by atoms with van der Waals surface area (Å²) in [5.41, 5.74) is 2.66. The van der Waals surface area contributed by atoms with Crippen LogP contribution in [0.3, 0.4) is 0 Å². The molecule has 0 atom stereocenters. The predicted molar refractivity (Wildman–Crippen MR) is 73.5 cm³/mol. The van der Waals surface area contributed by atoms with E-state index >= 15 is 0 Å². The second-order valence-corrected chi connectivity index (χ2v) is 5.68. The van der Waals surface area contributed by atoms with Gasteiger partial charge in [-0.2, -0.15) is 0 Å². The maximum atomic E-state index is 11.6. The van der Waals surface area contributed by atoms with Gasteiger partial charge in [-0.3, -0.25) is 9.59 Å². The quantitative estimate of drug-likeness (QED) is 0.908. The number of hydrogen-bond donors (Lipinski definition) is 1. The number of carboxylic acid groups (broad SMARTS) is 1. The monoisotopic (exact) mass is 261 g/mol. The molecule has 0 unspecified atom stereocenters. The average molecular weight is 261 g/mol. The van der Waals surface area contributed by atoms with Crippen molar-refractivity contribution in [3.8, 4) is 0 Å². The highest BCUT2D eigenvalue weighted by molar-refractivity contribution is 5.94. The molecule has 1 aromatic rings. The summed E-state index contributed by atoms with van der Waals surface area (Å²) in [6.45, 7) is 6.12. The van der Waals surface area contributed by atoms with Crippen LogP contribution in [0.1, 0.15) is 38.3 Å². The minimum atomic E-state index is -0.802. The molecule has 0 spiro atoms. The number of amides is 1. The SMILES string of the molecule is CC(=O)N1CCc2c1cccc2C(C)(C)CC(=O)O. The van der Waals surface area contributed by atoms with Gasteiger partial charge in [0.2, 0.25) is 5.91 Å². The topological polar surface area (TPSA) is 57.6 Å². The first-order valence-corrected chi connectivity index (χ1v) is 6.45. The number of anilines is 1. The highest BCUT2D eigenvalue weighted by Gasteiger charge is 2.31. The fourth-order valence-corrected chi connectivity index (χ4v) is 2.87. The van der Waals surface area contributed by atoms with Crippen molar-refractivity contribution in [2.75, 3.05) is 11.4 Å². The van der Waals surface area contributed by atoms with Crippen LogP contribution in [0.2, 0.25) is 0 Å². The van der Waals surface area contributed by atoms with Crippen molar-refractivity contribution >= 4 is 17.6 Å². The summed E-state index contributed by atoms with van der Waals surface area (Å²) in [5.74, 6) is -0.768. The first-order valence-electron chi connectivity index (χ1n) is 6.45. The van der Waals surface area contributed by atoms with Crippen molar-refractivity contribution in [3.63, 3.8) is 0 Å². The number of nitrogens with zero attached hydrogens (tertiary/aromatic N) is 1. The zero-order valence-electron chi connectivity index (χ0n) is 11.6. The number of aliphatic carboxylic acids is 1. The Labute approximate surface area is 113 Å². The van der Waals surface area contributed by atoms with Crippen LogP contribution in [-0.2, 0) is 21.4 Å². The van der Waals surface area contributed by atoms with Crippen molar-refractivity contribution < 1.29 is 14.7 Å². The number of benzene rings is 1. The lowest BCUT2D eigenvalue weighted by Gasteiger charge is -2.26. The van der Waals surface area contributed by atoms with E-state index in [1.54, 1.807) is 11.8 Å². The molecule has 1 heterocycles. The Morgan fingerprint density at radius 3 is 2.63 bits per heavy atom. The Hall–Kier alpha value is -1.84. The first kappa shape index (κ1) is 13.6. The summed E-state index contributed by atoms with van der Waals surface area (Å²) in [4.78, 5) is 24.3. The Kier molecular flexibility index (Phi) is 3.35. The van der Waals surface area contributed by atoms with Gasteiger partial charge in [0, 0.05) is 24.6 Å². The van der Waals surface area contributed by atoms with E-state index in [0.717, 1.165) is 23.2 Å². The number of carbonyl (C=O) groups excluding carboxylic acids is 1. The zero-order valence-corrected chi connectivity index (χ0v) is 11.6. The fraction of sp³-hybridized carbons (Fsp3) is 0.467. The molecule has 1 aliphatic heterocycles. The molecule has 4 nitrogen and oxygen atoms in total. The Morgan fingerprint density at radius 2 is 2.05 bits per heavy atom. The van der Waals surface area contributed by atoms with Gasteiger partial charge in [0.25, 0.3) is 0 Å². The predicted octanol–water partition coefficient (Wildman–Crippen LogP) is 2.35. The maximum absolute atomic E-state index is 11.6. The van der Waals surface area contributed by atoms with Gasteiger partial charge in [0.1, 0.15) is 0 Å². The lowest BCUT2D eigenvalue weighted by atomic mass is 9.78. The number of hydrogen-bond acceptors (Lipinski definition) is 2. The fourth-order valence-electron chi connectivity index (χ4n) is 2.87. The van der Waals surface area contributed by atoms with Gasteiger partial charge in [-0.05, 0) is 23.6 Å². The molecule has 4 heteroatoms.